The molecule has 0 unspecified atom stereocenters. The Morgan fingerprint density at radius 1 is 1.62 bits per heavy atom. The number of methoxy groups -OCH3 is 1. The molecule has 0 spiro atoms. The smallest absolute Gasteiger partial charge is 0.137 e. The molecule has 1 rings (SSSR count). The van der Waals surface area contributed by atoms with Gasteiger partial charge in [0, 0.05) is 6.04 Å². The van der Waals surface area contributed by atoms with Gasteiger partial charge in [0.2, 0.25) is 0 Å². The fraction of sp³-hybridized carbons (Fsp3) is 0.200. The number of ether oxygens (including phenoxy) is 1. The molecule has 0 aliphatic rings. The first-order valence-corrected chi connectivity index (χ1v) is 4.28. The van der Waals surface area contributed by atoms with Gasteiger partial charge in [0.05, 0.1) is 12.1 Å². The van der Waals surface area contributed by atoms with Gasteiger partial charge in [0.1, 0.15) is 5.75 Å². The lowest BCUT2D eigenvalue weighted by Crippen LogP contribution is -2.06. The third-order valence-corrected chi connectivity index (χ3v) is 2.13. The number of rotatable bonds is 3. The minimum atomic E-state index is -0.175. The van der Waals surface area contributed by atoms with Crippen LogP contribution in [-0.4, -0.2) is 7.11 Å². The predicted octanol–water partition coefficient (Wildman–Crippen LogP) is 2.53. The van der Waals surface area contributed by atoms with E-state index in [2.05, 4.69) is 6.58 Å². The highest BCUT2D eigenvalue weighted by atomic mass is 35.5. The van der Waals surface area contributed by atoms with Crippen molar-refractivity contribution in [2.24, 2.45) is 5.73 Å². The average molecular weight is 198 g/mol. The first kappa shape index (κ1) is 10.1. The fourth-order valence-corrected chi connectivity index (χ4v) is 1.21. The van der Waals surface area contributed by atoms with Crippen LogP contribution in [0.5, 0.6) is 5.75 Å². The molecule has 0 amide bonds. The number of hydrogen-bond donors (Lipinski definition) is 1. The van der Waals surface area contributed by atoms with Gasteiger partial charge in [-0.25, -0.2) is 0 Å². The zero-order valence-corrected chi connectivity index (χ0v) is 8.21. The summed E-state index contributed by atoms with van der Waals surface area (Å²) in [5.74, 6) is 0.636. The average Bonchev–Trinajstić information content (AvgIpc) is 2.17. The van der Waals surface area contributed by atoms with E-state index in [9.17, 15) is 0 Å². The summed E-state index contributed by atoms with van der Waals surface area (Å²) >= 11 is 5.85. The monoisotopic (exact) mass is 197 g/mol. The molecule has 70 valence electrons. The summed E-state index contributed by atoms with van der Waals surface area (Å²) in [5, 5.41) is 0.586. The molecule has 0 radical (unpaired) electrons. The molecule has 0 saturated carbocycles. The molecular weight excluding hydrogens is 186 g/mol. The summed E-state index contributed by atoms with van der Waals surface area (Å²) in [6.07, 6.45) is 1.67. The zero-order chi connectivity index (χ0) is 9.84. The summed E-state index contributed by atoms with van der Waals surface area (Å²) in [6, 6.07) is 5.26. The molecule has 0 fully saturated rings. The van der Waals surface area contributed by atoms with E-state index in [0.717, 1.165) is 5.56 Å². The van der Waals surface area contributed by atoms with E-state index in [1.165, 1.54) is 0 Å². The van der Waals surface area contributed by atoms with Gasteiger partial charge in [-0.3, -0.25) is 0 Å². The Hall–Kier alpha value is -0.990. The molecule has 0 aliphatic heterocycles. The van der Waals surface area contributed by atoms with Crippen molar-refractivity contribution >= 4 is 11.6 Å². The van der Waals surface area contributed by atoms with Gasteiger partial charge in [-0.15, -0.1) is 6.58 Å². The molecule has 0 heterocycles. The third kappa shape index (κ3) is 2.23. The molecule has 13 heavy (non-hydrogen) atoms. The topological polar surface area (TPSA) is 35.2 Å². The van der Waals surface area contributed by atoms with Crippen molar-refractivity contribution in [1.29, 1.82) is 0 Å². The van der Waals surface area contributed by atoms with Gasteiger partial charge in [0.15, 0.2) is 0 Å². The van der Waals surface area contributed by atoms with Gasteiger partial charge in [0.25, 0.3) is 0 Å². The summed E-state index contributed by atoms with van der Waals surface area (Å²) in [4.78, 5) is 0. The lowest BCUT2D eigenvalue weighted by Gasteiger charge is -2.09. The Labute approximate surface area is 83.0 Å². The molecule has 0 saturated heterocycles. The van der Waals surface area contributed by atoms with Gasteiger partial charge < -0.3 is 10.5 Å². The zero-order valence-electron chi connectivity index (χ0n) is 7.46. The molecule has 0 aliphatic carbocycles. The Bertz CT molecular complexity index is 312. The highest BCUT2D eigenvalue weighted by molar-refractivity contribution is 6.32. The van der Waals surface area contributed by atoms with Crippen LogP contribution in [-0.2, 0) is 0 Å². The van der Waals surface area contributed by atoms with Crippen molar-refractivity contribution in [2.75, 3.05) is 7.11 Å². The first-order valence-electron chi connectivity index (χ1n) is 3.90. The Morgan fingerprint density at radius 2 is 2.31 bits per heavy atom. The molecule has 1 aromatic carbocycles. The maximum atomic E-state index is 5.85. The quantitative estimate of drug-likeness (QED) is 0.756. The third-order valence-electron chi connectivity index (χ3n) is 1.81. The summed E-state index contributed by atoms with van der Waals surface area (Å²) in [5.41, 5.74) is 6.69. The largest absolute Gasteiger partial charge is 0.495 e. The summed E-state index contributed by atoms with van der Waals surface area (Å²) < 4.78 is 5.06. The standard InChI is InChI=1S/C10H12ClNO/c1-3-9(12)7-4-5-8(11)10(6-7)13-2/h3-6,9H,1,12H2,2H3/t9-/m0/s1. The maximum Gasteiger partial charge on any atom is 0.137 e. The summed E-state index contributed by atoms with van der Waals surface area (Å²) in [7, 11) is 1.57. The van der Waals surface area contributed by atoms with Crippen molar-refractivity contribution in [3.05, 3.63) is 41.4 Å². The Balaban J connectivity index is 3.05. The van der Waals surface area contributed by atoms with Crippen LogP contribution in [0.3, 0.4) is 0 Å². The number of hydrogen-bond acceptors (Lipinski definition) is 2. The van der Waals surface area contributed by atoms with Gasteiger partial charge in [-0.2, -0.15) is 0 Å². The number of nitrogens with two attached hydrogens (primary N) is 1. The maximum absolute atomic E-state index is 5.85. The molecule has 0 bridgehead atoms. The lowest BCUT2D eigenvalue weighted by molar-refractivity contribution is 0.414. The first-order chi connectivity index (χ1) is 6.19. The van der Waals surface area contributed by atoms with E-state index < -0.39 is 0 Å². The molecule has 0 aromatic heterocycles. The van der Waals surface area contributed by atoms with E-state index in [1.54, 1.807) is 19.3 Å². The van der Waals surface area contributed by atoms with E-state index in [-0.39, 0.29) is 6.04 Å². The highest BCUT2D eigenvalue weighted by Crippen LogP contribution is 2.27. The van der Waals surface area contributed by atoms with Crippen LogP contribution in [0.4, 0.5) is 0 Å². The van der Waals surface area contributed by atoms with Crippen LogP contribution in [0.2, 0.25) is 5.02 Å². The minimum Gasteiger partial charge on any atom is -0.495 e. The van der Waals surface area contributed by atoms with Gasteiger partial charge in [-0.1, -0.05) is 23.7 Å². The Morgan fingerprint density at radius 3 is 2.85 bits per heavy atom. The van der Waals surface area contributed by atoms with Crippen molar-refractivity contribution in [1.82, 2.24) is 0 Å². The molecule has 2 nitrogen and oxygen atoms in total. The SMILES string of the molecule is C=C[C@H](N)c1ccc(Cl)c(OC)c1. The summed E-state index contributed by atoms with van der Waals surface area (Å²) in [6.45, 7) is 3.62. The van der Waals surface area contributed by atoms with E-state index in [1.807, 2.05) is 12.1 Å². The second-order valence-electron chi connectivity index (χ2n) is 2.66. The van der Waals surface area contributed by atoms with Crippen LogP contribution in [0.15, 0.2) is 30.9 Å². The van der Waals surface area contributed by atoms with E-state index in [0.29, 0.717) is 10.8 Å². The Kier molecular flexibility index (Phi) is 3.34. The van der Waals surface area contributed by atoms with Crippen molar-refractivity contribution in [2.45, 2.75) is 6.04 Å². The molecule has 1 atom stereocenters. The molecule has 1 aromatic rings. The number of benzene rings is 1. The predicted molar refractivity (Wildman–Crippen MR) is 55.1 cm³/mol. The normalized spacial score (nSPS) is 12.2. The number of halogens is 1. The van der Waals surface area contributed by atoms with Crippen LogP contribution in [0, 0.1) is 0 Å². The molecule has 2 N–H and O–H groups in total. The molecular formula is C10H12ClNO. The fourth-order valence-electron chi connectivity index (χ4n) is 1.02. The highest BCUT2D eigenvalue weighted by Gasteiger charge is 2.05. The van der Waals surface area contributed by atoms with Crippen LogP contribution < -0.4 is 10.5 Å². The van der Waals surface area contributed by atoms with E-state index >= 15 is 0 Å². The molecule has 3 heteroatoms. The second kappa shape index (κ2) is 4.30. The van der Waals surface area contributed by atoms with Gasteiger partial charge >= 0.3 is 0 Å². The van der Waals surface area contributed by atoms with E-state index in [4.69, 9.17) is 22.1 Å². The van der Waals surface area contributed by atoms with Crippen molar-refractivity contribution in [3.63, 3.8) is 0 Å². The second-order valence-corrected chi connectivity index (χ2v) is 3.06. The lowest BCUT2D eigenvalue weighted by atomic mass is 10.1. The van der Waals surface area contributed by atoms with Crippen LogP contribution in [0.25, 0.3) is 0 Å². The van der Waals surface area contributed by atoms with Gasteiger partial charge in [-0.05, 0) is 17.7 Å². The van der Waals surface area contributed by atoms with Crippen LogP contribution >= 0.6 is 11.6 Å². The minimum absolute atomic E-state index is 0.175. The van der Waals surface area contributed by atoms with Crippen molar-refractivity contribution < 1.29 is 4.74 Å². The van der Waals surface area contributed by atoms with Crippen molar-refractivity contribution in [3.8, 4) is 5.75 Å². The van der Waals surface area contributed by atoms with Crippen LogP contribution in [0.1, 0.15) is 11.6 Å².